The zero-order chi connectivity index (χ0) is 16.7. The molecule has 1 atom stereocenters. The highest BCUT2D eigenvalue weighted by atomic mass is 16.2. The van der Waals surface area contributed by atoms with E-state index in [-0.39, 0.29) is 24.0 Å². The Balaban J connectivity index is 1.81. The molecule has 0 aromatic heterocycles. The van der Waals surface area contributed by atoms with Crippen molar-refractivity contribution in [1.29, 1.82) is 0 Å². The van der Waals surface area contributed by atoms with E-state index in [1.807, 2.05) is 26.0 Å². The summed E-state index contributed by atoms with van der Waals surface area (Å²) in [5.41, 5.74) is 1.60. The molecule has 1 aliphatic rings. The minimum atomic E-state index is -0.188. The highest BCUT2D eigenvalue weighted by Crippen LogP contribution is 2.07. The molecule has 0 radical (unpaired) electrons. The Morgan fingerprint density at radius 2 is 2.00 bits per heavy atom. The van der Waals surface area contributed by atoms with Gasteiger partial charge in [-0.3, -0.25) is 4.79 Å². The van der Waals surface area contributed by atoms with E-state index >= 15 is 0 Å². The summed E-state index contributed by atoms with van der Waals surface area (Å²) in [6.07, 6.45) is 2.11. The van der Waals surface area contributed by atoms with Crippen LogP contribution in [0.15, 0.2) is 24.3 Å². The van der Waals surface area contributed by atoms with Gasteiger partial charge in [-0.15, -0.1) is 0 Å². The van der Waals surface area contributed by atoms with Gasteiger partial charge in [-0.2, -0.15) is 0 Å². The predicted octanol–water partition coefficient (Wildman–Crippen LogP) is 1.38. The summed E-state index contributed by atoms with van der Waals surface area (Å²) in [5.74, 6) is -0.0456. The second-order valence-corrected chi connectivity index (χ2v) is 6.20. The van der Waals surface area contributed by atoms with Gasteiger partial charge in [-0.25, -0.2) is 4.79 Å². The van der Waals surface area contributed by atoms with Crippen molar-refractivity contribution in [2.24, 2.45) is 0 Å². The highest BCUT2D eigenvalue weighted by molar-refractivity contribution is 5.94. The third-order valence-electron chi connectivity index (χ3n) is 3.72. The first-order valence-corrected chi connectivity index (χ1v) is 8.19. The smallest absolute Gasteiger partial charge is 0.315 e. The summed E-state index contributed by atoms with van der Waals surface area (Å²) < 4.78 is 0. The van der Waals surface area contributed by atoms with Crippen molar-refractivity contribution < 1.29 is 9.59 Å². The first-order chi connectivity index (χ1) is 11.0. The molecule has 1 aromatic carbocycles. The number of urea groups is 1. The fourth-order valence-electron chi connectivity index (χ4n) is 2.51. The van der Waals surface area contributed by atoms with Crippen molar-refractivity contribution in [3.63, 3.8) is 0 Å². The second-order valence-electron chi connectivity index (χ2n) is 6.20. The van der Waals surface area contributed by atoms with Crippen LogP contribution < -0.4 is 21.3 Å². The molecule has 1 saturated heterocycles. The van der Waals surface area contributed by atoms with Gasteiger partial charge in [0.1, 0.15) is 0 Å². The van der Waals surface area contributed by atoms with Crippen LogP contribution in [0.3, 0.4) is 0 Å². The van der Waals surface area contributed by atoms with Gasteiger partial charge in [0.05, 0.1) is 0 Å². The van der Waals surface area contributed by atoms with Crippen molar-refractivity contribution in [1.82, 2.24) is 21.3 Å². The zero-order valence-electron chi connectivity index (χ0n) is 13.8. The van der Waals surface area contributed by atoms with E-state index in [4.69, 9.17) is 0 Å². The molecule has 0 spiro atoms. The van der Waals surface area contributed by atoms with Crippen LogP contribution in [0.5, 0.6) is 0 Å². The number of carbonyl (C=O) groups excluding carboxylic acids is 2. The molecule has 1 aliphatic heterocycles. The van der Waals surface area contributed by atoms with Crippen molar-refractivity contribution in [3.05, 3.63) is 35.4 Å². The quantitative estimate of drug-likeness (QED) is 0.662. The first kappa shape index (κ1) is 17.3. The molecule has 3 amide bonds. The summed E-state index contributed by atoms with van der Waals surface area (Å²) >= 11 is 0. The second kappa shape index (κ2) is 8.53. The van der Waals surface area contributed by atoms with Crippen LogP contribution in [0.1, 0.15) is 42.6 Å². The van der Waals surface area contributed by atoms with E-state index < -0.39 is 0 Å². The molecular formula is C17H26N4O2. The lowest BCUT2D eigenvalue weighted by Gasteiger charge is -2.23. The molecule has 6 nitrogen and oxygen atoms in total. The fourth-order valence-corrected chi connectivity index (χ4v) is 2.51. The largest absolute Gasteiger partial charge is 0.348 e. The number of hydrogen-bond acceptors (Lipinski definition) is 3. The van der Waals surface area contributed by atoms with Gasteiger partial charge in [-0.05, 0) is 50.9 Å². The molecule has 0 saturated carbocycles. The first-order valence-electron chi connectivity index (χ1n) is 8.19. The molecule has 1 heterocycles. The van der Waals surface area contributed by atoms with Gasteiger partial charge in [0, 0.05) is 30.7 Å². The number of carbonyl (C=O) groups is 2. The Hall–Kier alpha value is -2.08. The number of benzene rings is 1. The van der Waals surface area contributed by atoms with Crippen LogP contribution in [0.4, 0.5) is 4.79 Å². The van der Waals surface area contributed by atoms with Crippen LogP contribution >= 0.6 is 0 Å². The van der Waals surface area contributed by atoms with Crippen LogP contribution in [0, 0.1) is 0 Å². The number of amides is 3. The van der Waals surface area contributed by atoms with Crippen molar-refractivity contribution >= 4 is 11.9 Å². The van der Waals surface area contributed by atoms with Gasteiger partial charge >= 0.3 is 6.03 Å². The Kier molecular flexibility index (Phi) is 6.40. The maximum absolute atomic E-state index is 12.2. The molecule has 1 fully saturated rings. The average molecular weight is 318 g/mol. The van der Waals surface area contributed by atoms with E-state index in [1.165, 1.54) is 0 Å². The SMILES string of the molecule is CC(C)NC(=O)NCc1ccc(C(=O)N[C@H]2CCCNC2)cc1. The molecule has 126 valence electrons. The molecule has 4 N–H and O–H groups in total. The summed E-state index contributed by atoms with van der Waals surface area (Å²) in [6.45, 7) is 6.12. The molecule has 0 unspecified atom stereocenters. The molecule has 6 heteroatoms. The lowest BCUT2D eigenvalue weighted by molar-refractivity contribution is 0.0930. The van der Waals surface area contributed by atoms with Gasteiger partial charge in [0.2, 0.25) is 0 Å². The summed E-state index contributed by atoms with van der Waals surface area (Å²) in [7, 11) is 0. The van der Waals surface area contributed by atoms with Crippen LogP contribution in [-0.4, -0.2) is 37.1 Å². The maximum Gasteiger partial charge on any atom is 0.315 e. The standard InChI is InChI=1S/C17H26N4O2/c1-12(2)20-17(23)19-10-13-5-7-14(8-6-13)16(22)21-15-4-3-9-18-11-15/h5-8,12,15,18H,3-4,9-11H2,1-2H3,(H,21,22)(H2,19,20,23)/t15-/m0/s1. The van der Waals surface area contributed by atoms with Crippen LogP contribution in [0.25, 0.3) is 0 Å². The van der Waals surface area contributed by atoms with E-state index in [2.05, 4.69) is 21.3 Å². The predicted molar refractivity (Wildman–Crippen MR) is 90.3 cm³/mol. The number of rotatable bonds is 5. The van der Waals surface area contributed by atoms with E-state index in [0.29, 0.717) is 12.1 Å². The van der Waals surface area contributed by atoms with Crippen LogP contribution in [-0.2, 0) is 6.54 Å². The zero-order valence-corrected chi connectivity index (χ0v) is 13.8. The number of nitrogens with one attached hydrogen (secondary N) is 4. The Bertz CT molecular complexity index is 522. The third kappa shape index (κ3) is 5.90. The summed E-state index contributed by atoms with van der Waals surface area (Å²) in [4.78, 5) is 23.7. The molecule has 0 bridgehead atoms. The Labute approximate surface area is 137 Å². The summed E-state index contributed by atoms with van der Waals surface area (Å²) in [5, 5.41) is 11.9. The lowest BCUT2D eigenvalue weighted by atomic mass is 10.1. The lowest BCUT2D eigenvalue weighted by Crippen LogP contribution is -2.45. The topological polar surface area (TPSA) is 82.3 Å². The Morgan fingerprint density at radius 3 is 2.61 bits per heavy atom. The maximum atomic E-state index is 12.2. The molecule has 2 rings (SSSR count). The van der Waals surface area contributed by atoms with Gasteiger partial charge in [-0.1, -0.05) is 12.1 Å². The average Bonchev–Trinajstić information content (AvgIpc) is 2.54. The normalized spacial score (nSPS) is 17.6. The number of hydrogen-bond donors (Lipinski definition) is 4. The minimum Gasteiger partial charge on any atom is -0.348 e. The van der Waals surface area contributed by atoms with Crippen molar-refractivity contribution in [3.8, 4) is 0 Å². The van der Waals surface area contributed by atoms with E-state index in [0.717, 1.165) is 31.5 Å². The molecule has 1 aromatic rings. The molecular weight excluding hydrogens is 292 g/mol. The Morgan fingerprint density at radius 1 is 1.26 bits per heavy atom. The summed E-state index contributed by atoms with van der Waals surface area (Å²) in [6, 6.07) is 7.44. The fraction of sp³-hybridized carbons (Fsp3) is 0.529. The highest BCUT2D eigenvalue weighted by Gasteiger charge is 2.16. The van der Waals surface area contributed by atoms with Gasteiger partial charge in [0.25, 0.3) is 5.91 Å². The van der Waals surface area contributed by atoms with E-state index in [1.54, 1.807) is 12.1 Å². The van der Waals surface area contributed by atoms with E-state index in [9.17, 15) is 9.59 Å². The monoisotopic (exact) mass is 318 g/mol. The number of piperidine rings is 1. The third-order valence-corrected chi connectivity index (χ3v) is 3.72. The van der Waals surface area contributed by atoms with Crippen molar-refractivity contribution in [2.75, 3.05) is 13.1 Å². The minimum absolute atomic E-state index is 0.0456. The molecule has 0 aliphatic carbocycles. The van der Waals surface area contributed by atoms with Crippen molar-refractivity contribution in [2.45, 2.75) is 45.3 Å². The van der Waals surface area contributed by atoms with Crippen LogP contribution in [0.2, 0.25) is 0 Å². The molecule has 23 heavy (non-hydrogen) atoms. The van der Waals surface area contributed by atoms with Gasteiger partial charge in [0.15, 0.2) is 0 Å². The van der Waals surface area contributed by atoms with Gasteiger partial charge < -0.3 is 21.3 Å².